The maximum Gasteiger partial charge on any atom is 0.330 e. The van der Waals surface area contributed by atoms with Crippen LogP contribution in [0, 0.1) is 11.3 Å². The van der Waals surface area contributed by atoms with E-state index in [1.54, 1.807) is 32.9 Å². The second-order valence-electron chi connectivity index (χ2n) is 13.3. The molecule has 13 nitrogen and oxygen atoms in total. The fraction of sp³-hybridized carbons (Fsp3) is 0.455. The molecule has 0 bridgehead atoms. The number of hydrogen-bond donors (Lipinski definition) is 6. The number of nitrogens with zero attached hydrogens (tertiary/aromatic N) is 2. The molecule has 2 aromatic rings. The van der Waals surface area contributed by atoms with Gasteiger partial charge in [0.25, 0.3) is 5.91 Å². The zero-order chi connectivity index (χ0) is 33.4. The number of carboxylic acid groups (broad SMARTS) is 1. The molecule has 1 aromatic carbocycles. The number of carboxylic acids is 1. The van der Waals surface area contributed by atoms with Gasteiger partial charge >= 0.3 is 12.0 Å². The van der Waals surface area contributed by atoms with Crippen LogP contribution in [-0.2, 0) is 20.8 Å². The maximum absolute atomic E-state index is 13.9. The van der Waals surface area contributed by atoms with Crippen LogP contribution in [0.15, 0.2) is 61.4 Å². The number of aliphatic hydroxyl groups excluding tert-OH is 1. The van der Waals surface area contributed by atoms with Gasteiger partial charge in [-0.15, -0.1) is 6.58 Å². The zero-order valence-electron chi connectivity index (χ0n) is 26.0. The fourth-order valence-electron chi connectivity index (χ4n) is 6.36. The summed E-state index contributed by atoms with van der Waals surface area (Å²) in [6.07, 6.45) is 4.11. The number of carbonyl (C=O) groups excluding carboxylic acids is 4. The molecule has 3 aliphatic rings. The molecular weight excluding hydrogens is 592 g/mol. The Morgan fingerprint density at radius 3 is 2.48 bits per heavy atom. The average molecular weight is 633 g/mol. The number of hydrogen-bond acceptors (Lipinski definition) is 7. The van der Waals surface area contributed by atoms with Crippen LogP contribution >= 0.6 is 0 Å². The third kappa shape index (κ3) is 6.45. The standard InChI is InChI=1S/C33H40N6O7/c1-5-20-15-33(20,30(44)45)38-28(42)23-14-21(35-27(41)19-10-8-12-34-16-19)17-39(23)31(46)37-26(32(2,3)4)29(43)36-25-22-11-7-6-9-18(22)13-24(25)40/h5-12,16,20-21,23-26,40H,1,13-15,17H2,2-4H3,(H,35,41)(H,36,43)(H,37,46)(H,38,42)(H,44,45). The second-order valence-corrected chi connectivity index (χ2v) is 13.3. The molecule has 2 fully saturated rings. The molecule has 1 saturated heterocycles. The van der Waals surface area contributed by atoms with Gasteiger partial charge < -0.3 is 36.4 Å². The highest BCUT2D eigenvalue weighted by Crippen LogP contribution is 2.45. The van der Waals surface area contributed by atoms with E-state index in [2.05, 4.69) is 32.8 Å². The lowest BCUT2D eigenvalue weighted by Gasteiger charge is -2.34. The van der Waals surface area contributed by atoms with Gasteiger partial charge in [0.1, 0.15) is 17.6 Å². The lowest BCUT2D eigenvalue weighted by molar-refractivity contribution is -0.144. The summed E-state index contributed by atoms with van der Waals surface area (Å²) in [5.41, 5.74) is -0.286. The molecule has 5 rings (SSSR count). The van der Waals surface area contributed by atoms with Gasteiger partial charge in [-0.3, -0.25) is 19.4 Å². The first-order valence-corrected chi connectivity index (χ1v) is 15.3. The van der Waals surface area contributed by atoms with Gasteiger partial charge in [-0.2, -0.15) is 0 Å². The van der Waals surface area contributed by atoms with Crippen molar-refractivity contribution in [3.63, 3.8) is 0 Å². The Balaban J connectivity index is 1.35. The largest absolute Gasteiger partial charge is 0.479 e. The summed E-state index contributed by atoms with van der Waals surface area (Å²) in [5.74, 6) is -3.33. The van der Waals surface area contributed by atoms with Crippen molar-refractivity contribution in [2.45, 2.75) is 75.8 Å². The number of nitrogens with one attached hydrogen (secondary N) is 4. The molecule has 0 radical (unpaired) electrons. The highest BCUT2D eigenvalue weighted by Gasteiger charge is 2.61. The Labute approximate surface area is 266 Å². The zero-order valence-corrected chi connectivity index (χ0v) is 26.0. The van der Waals surface area contributed by atoms with E-state index >= 15 is 0 Å². The lowest BCUT2D eigenvalue weighted by Crippen LogP contribution is -2.60. The van der Waals surface area contributed by atoms with E-state index < -0.39 is 76.9 Å². The Kier molecular flexibility index (Phi) is 8.89. The van der Waals surface area contributed by atoms with E-state index in [4.69, 9.17) is 0 Å². The smallest absolute Gasteiger partial charge is 0.330 e. The predicted molar refractivity (Wildman–Crippen MR) is 166 cm³/mol. The van der Waals surface area contributed by atoms with Crippen molar-refractivity contribution in [1.82, 2.24) is 31.2 Å². The first-order chi connectivity index (χ1) is 21.7. The highest BCUT2D eigenvalue weighted by atomic mass is 16.4. The first kappa shape index (κ1) is 32.6. The monoisotopic (exact) mass is 632 g/mol. The summed E-state index contributed by atoms with van der Waals surface area (Å²) in [7, 11) is 0. The SMILES string of the molecule is C=CC1CC1(NC(=O)C1CC(NC(=O)c2cccnc2)CN1C(=O)NC(C(=O)NC1c2ccccc2CC1O)C(C)(C)C)C(=O)O. The molecule has 2 heterocycles. The van der Waals surface area contributed by atoms with E-state index in [9.17, 15) is 34.2 Å². The molecular formula is C33H40N6O7. The molecule has 0 spiro atoms. The molecule has 6 N–H and O–H groups in total. The van der Waals surface area contributed by atoms with Crippen molar-refractivity contribution in [2.75, 3.05) is 6.54 Å². The quantitative estimate of drug-likeness (QED) is 0.223. The number of fused-ring (bicyclic) bond motifs is 1. The Bertz CT molecular complexity index is 1540. The number of aromatic nitrogens is 1. The number of urea groups is 1. The van der Waals surface area contributed by atoms with Gasteiger partial charge in [0.2, 0.25) is 11.8 Å². The molecule has 7 unspecified atom stereocenters. The van der Waals surface area contributed by atoms with Gasteiger partial charge in [0.05, 0.1) is 17.7 Å². The topological polar surface area (TPSA) is 190 Å². The molecule has 13 heteroatoms. The van der Waals surface area contributed by atoms with Crippen molar-refractivity contribution < 1.29 is 34.2 Å². The number of carbonyl (C=O) groups is 5. The molecule has 2 aliphatic carbocycles. The van der Waals surface area contributed by atoms with Crippen molar-refractivity contribution in [3.8, 4) is 0 Å². The van der Waals surface area contributed by atoms with Gasteiger partial charge in [-0.05, 0) is 41.5 Å². The summed E-state index contributed by atoms with van der Waals surface area (Å²) in [4.78, 5) is 71.4. The molecule has 1 aliphatic heterocycles. The third-order valence-corrected chi connectivity index (χ3v) is 9.05. The number of amides is 5. The predicted octanol–water partition coefficient (Wildman–Crippen LogP) is 1.30. The Morgan fingerprint density at radius 2 is 1.85 bits per heavy atom. The van der Waals surface area contributed by atoms with Gasteiger partial charge in [-0.1, -0.05) is 51.1 Å². The number of rotatable bonds is 9. The summed E-state index contributed by atoms with van der Waals surface area (Å²) in [5, 5.41) is 31.7. The van der Waals surface area contributed by atoms with Gasteiger partial charge in [0, 0.05) is 37.3 Å². The van der Waals surface area contributed by atoms with E-state index in [0.29, 0.717) is 12.0 Å². The fourth-order valence-corrected chi connectivity index (χ4v) is 6.36. The molecule has 244 valence electrons. The molecule has 1 saturated carbocycles. The van der Waals surface area contributed by atoms with Crippen LogP contribution in [-0.4, -0.2) is 86.1 Å². The third-order valence-electron chi connectivity index (χ3n) is 9.05. The van der Waals surface area contributed by atoms with E-state index in [-0.39, 0.29) is 19.4 Å². The van der Waals surface area contributed by atoms with E-state index in [1.165, 1.54) is 23.4 Å². The lowest BCUT2D eigenvalue weighted by atomic mass is 9.86. The number of pyridine rings is 1. The number of aliphatic carboxylic acids is 1. The van der Waals surface area contributed by atoms with Gasteiger partial charge in [-0.25, -0.2) is 9.59 Å². The Hall–Kier alpha value is -4.78. The van der Waals surface area contributed by atoms with Crippen LogP contribution in [0.25, 0.3) is 0 Å². The van der Waals surface area contributed by atoms with Crippen LogP contribution in [0.2, 0.25) is 0 Å². The molecule has 5 amide bonds. The molecule has 7 atom stereocenters. The summed E-state index contributed by atoms with van der Waals surface area (Å²) in [6, 6.07) is 6.34. The van der Waals surface area contributed by atoms with Crippen LogP contribution in [0.5, 0.6) is 0 Å². The minimum absolute atomic E-state index is 0.0111. The van der Waals surface area contributed by atoms with Crippen LogP contribution < -0.4 is 21.3 Å². The van der Waals surface area contributed by atoms with Crippen molar-refractivity contribution >= 4 is 29.7 Å². The maximum atomic E-state index is 13.9. The molecule has 46 heavy (non-hydrogen) atoms. The normalized spacial score (nSPS) is 27.1. The summed E-state index contributed by atoms with van der Waals surface area (Å²) >= 11 is 0. The first-order valence-electron chi connectivity index (χ1n) is 15.3. The average Bonchev–Trinajstić information content (AvgIpc) is 3.42. The number of aliphatic hydroxyl groups is 1. The van der Waals surface area contributed by atoms with Crippen molar-refractivity contribution in [1.29, 1.82) is 0 Å². The highest BCUT2D eigenvalue weighted by molar-refractivity contribution is 5.96. The number of benzene rings is 1. The summed E-state index contributed by atoms with van der Waals surface area (Å²) < 4.78 is 0. The number of likely N-dealkylation sites (tertiary alicyclic amines) is 1. The Morgan fingerprint density at radius 1 is 1.11 bits per heavy atom. The molecule has 1 aromatic heterocycles. The van der Waals surface area contributed by atoms with Crippen LogP contribution in [0.4, 0.5) is 4.79 Å². The van der Waals surface area contributed by atoms with Crippen LogP contribution in [0.1, 0.15) is 61.1 Å². The minimum atomic E-state index is -1.52. The minimum Gasteiger partial charge on any atom is -0.479 e. The van der Waals surface area contributed by atoms with Gasteiger partial charge in [0.15, 0.2) is 0 Å². The van der Waals surface area contributed by atoms with Crippen molar-refractivity contribution in [3.05, 3.63) is 78.1 Å². The van der Waals surface area contributed by atoms with Crippen molar-refractivity contribution in [2.24, 2.45) is 11.3 Å². The summed E-state index contributed by atoms with van der Waals surface area (Å²) in [6.45, 7) is 8.91. The second kappa shape index (κ2) is 12.5. The van der Waals surface area contributed by atoms with Crippen LogP contribution in [0.3, 0.4) is 0 Å². The van der Waals surface area contributed by atoms with E-state index in [1.807, 2.05) is 24.3 Å². The van der Waals surface area contributed by atoms with E-state index in [0.717, 1.165) is 11.1 Å².